The fraction of sp³-hybridized carbons (Fsp3) is 0.916. The summed E-state index contributed by atoms with van der Waals surface area (Å²) in [7, 11) is 0. The standard InChI is InChI=1S/C19H32O2.C17H28O.2C16H26O4.C16H24O4.C13H18O4.C8H14O.2CH4/c1-6-17(2,3)16(20)21-18(4,5)19-10-13-7-14(11-19)9-15(8-13)12-19;1-5-16(2,3)15(18)17(4)10-11-9-14(17)13-8-6-7-12(11)13;2*1-4-13(2,3)12(17)20-16-7-11-5-14(18,9-16)8-15(19,6-11)10-16;1-4-15(2,3)14(18)20-16-7-10-5-11(8-16)13(17)19-12(6-10)9-16;1-3-6(2)12(14)16-10-7-4-8-9(5-7)13(15)17-11(8)10;1-3-8(2)6-4-5-7(8)9;;/h13-15H,6-12H2,1-5H3;11-14H,5-10H2,1-4H3;2*11,18-19H,4-10H2,1-3H3;10-12H,4-9H2,1-3H3;6-11H,3-5H2,1-2H3;3-6H2,1-2H3;2*1H4. The van der Waals surface area contributed by atoms with Gasteiger partial charge in [-0.05, 0) is 321 Å². The van der Waals surface area contributed by atoms with Crippen molar-refractivity contribution in [2.75, 3.05) is 0 Å². The number of carbonyl (C=O) groups excluding carboxylic acids is 9. The number of ketones is 2. The molecule has 3 aliphatic heterocycles. The third-order valence-electron chi connectivity index (χ3n) is 38.1. The fourth-order valence-corrected chi connectivity index (χ4v) is 29.7. The van der Waals surface area contributed by atoms with Gasteiger partial charge in [-0.3, -0.25) is 43.2 Å². The Morgan fingerprint density at radius 1 is 0.449 bits per heavy atom. The van der Waals surface area contributed by atoms with Crippen LogP contribution in [0.15, 0.2) is 0 Å². The Kier molecular flexibility index (Phi) is 29.7. The second kappa shape index (κ2) is 36.6. The van der Waals surface area contributed by atoms with Crippen LogP contribution in [0.1, 0.15) is 424 Å². The van der Waals surface area contributed by atoms with Crippen molar-refractivity contribution in [2.24, 2.45) is 132 Å². The second-order valence-corrected chi connectivity index (χ2v) is 50.2. The zero-order valence-corrected chi connectivity index (χ0v) is 81.5. The van der Waals surface area contributed by atoms with Crippen LogP contribution in [0.4, 0.5) is 0 Å². The molecule has 0 spiro atoms. The Bertz CT molecular complexity index is 3860. The topological polar surface area (TPSA) is 299 Å². The summed E-state index contributed by atoms with van der Waals surface area (Å²) in [6, 6.07) is 0. The Morgan fingerprint density at radius 3 is 1.33 bits per heavy atom. The van der Waals surface area contributed by atoms with E-state index in [1.165, 1.54) is 70.6 Å². The Hall–Kier alpha value is -4.53. The maximum atomic E-state index is 13.0. The van der Waals surface area contributed by atoms with Crippen LogP contribution in [0.25, 0.3) is 0 Å². The van der Waals surface area contributed by atoms with Crippen LogP contribution in [0.5, 0.6) is 0 Å². The first-order valence-corrected chi connectivity index (χ1v) is 50.4. The van der Waals surface area contributed by atoms with Crippen LogP contribution in [0.3, 0.4) is 0 Å². The van der Waals surface area contributed by atoms with Crippen LogP contribution >= 0.6 is 0 Å². The second-order valence-electron chi connectivity index (χ2n) is 50.2. The van der Waals surface area contributed by atoms with Gasteiger partial charge in [-0.2, -0.15) is 0 Å². The quantitative estimate of drug-likeness (QED) is 0.0650. The molecule has 0 aromatic heterocycles. The van der Waals surface area contributed by atoms with E-state index >= 15 is 0 Å². The first kappa shape index (κ1) is 103. The SMILES string of the molecule is C.C.CCC(C)(C)C(=O)C1(C)CC2CC1C1CCCC21.CCC(C)(C)C(=O)OC(C)(C)C12CC3CC(CC(C3)C1)C2.CCC(C)(C)C(=O)OC12CC3CC(C1)OC(=O)C(C3)C2.CCC(C)(C)C(=O)OC12CC3CC(O)(CC(O)(C3)C1)C2.CCC(C)(C)C(=O)OC12CC3CC(O)(CC(O)(C3)C1)C2.CCC(C)C(=O)OC1C2CC3C(=O)OC1C3C2.CCC1(C)CCCC1=O. The van der Waals surface area contributed by atoms with Gasteiger partial charge < -0.3 is 53.6 Å². The molecule has 0 aromatic rings. The number of ether oxygens (including phenoxy) is 7. The highest BCUT2D eigenvalue weighted by atomic mass is 16.6. The summed E-state index contributed by atoms with van der Waals surface area (Å²) in [4.78, 5) is 109. The molecule has 23 rings (SSSR count). The summed E-state index contributed by atoms with van der Waals surface area (Å²) in [5, 5.41) is 42.6. The molecule has 3 saturated heterocycles. The predicted octanol–water partition coefficient (Wildman–Crippen LogP) is 21.5. The first-order valence-electron chi connectivity index (χ1n) is 50.4. The summed E-state index contributed by atoms with van der Waals surface area (Å²) in [5.41, 5.74) is -7.06. The fourth-order valence-electron chi connectivity index (χ4n) is 29.7. The van der Waals surface area contributed by atoms with Crippen molar-refractivity contribution in [3.05, 3.63) is 0 Å². The van der Waals surface area contributed by atoms with Gasteiger partial charge in [0.1, 0.15) is 52.3 Å². The normalized spacial score (nSPS) is 42.2. The molecule has 0 aromatic carbocycles. The number of rotatable bonds is 20. The van der Waals surface area contributed by atoms with Crippen molar-refractivity contribution in [3.63, 3.8) is 0 Å². The summed E-state index contributed by atoms with van der Waals surface area (Å²) >= 11 is 0. The van der Waals surface area contributed by atoms with E-state index in [1.54, 1.807) is 0 Å². The number of fused-ring (bicyclic) bond motifs is 7. The Morgan fingerprint density at radius 2 is 0.898 bits per heavy atom. The lowest BCUT2D eigenvalue weighted by molar-refractivity contribution is -0.265. The van der Waals surface area contributed by atoms with Crippen LogP contribution < -0.4 is 0 Å². The number of hydrogen-bond donors (Lipinski definition) is 4. The predicted molar refractivity (Wildman–Crippen MR) is 490 cm³/mol. The lowest BCUT2D eigenvalue weighted by atomic mass is 9.46. The van der Waals surface area contributed by atoms with Gasteiger partial charge in [-0.25, -0.2) is 0 Å². The molecule has 0 radical (unpaired) electrons. The van der Waals surface area contributed by atoms with Crippen molar-refractivity contribution in [3.8, 4) is 0 Å². The van der Waals surface area contributed by atoms with E-state index in [0.717, 1.165) is 170 Å². The van der Waals surface area contributed by atoms with Crippen molar-refractivity contribution in [1.82, 2.24) is 0 Å². The lowest BCUT2D eigenvalue weighted by Crippen LogP contribution is -2.67. The average Bonchev–Trinajstić information content (AvgIpc) is 1.68. The van der Waals surface area contributed by atoms with E-state index < -0.39 is 55.5 Å². The maximum Gasteiger partial charge on any atom is 0.312 e. The van der Waals surface area contributed by atoms with E-state index in [-0.39, 0.29) is 137 Å². The number of hydrogen-bond acceptors (Lipinski definition) is 20. The van der Waals surface area contributed by atoms with Gasteiger partial charge in [0, 0.05) is 91.3 Å². The molecular formula is C107H176O20. The molecule has 3 heterocycles. The van der Waals surface area contributed by atoms with Gasteiger partial charge >= 0.3 is 41.8 Å². The van der Waals surface area contributed by atoms with Gasteiger partial charge in [-0.1, -0.05) is 104 Å². The van der Waals surface area contributed by atoms with Gasteiger partial charge in [0.15, 0.2) is 0 Å². The third-order valence-corrected chi connectivity index (χ3v) is 38.1. The summed E-state index contributed by atoms with van der Waals surface area (Å²) in [6.45, 7) is 44.6. The van der Waals surface area contributed by atoms with Gasteiger partial charge in [-0.15, -0.1) is 0 Å². The molecule has 23 aliphatic rings. The van der Waals surface area contributed by atoms with Crippen molar-refractivity contribution < 1.29 is 96.7 Å². The number of aliphatic hydroxyl groups is 4. The third kappa shape index (κ3) is 20.5. The summed E-state index contributed by atoms with van der Waals surface area (Å²) in [6.07, 6.45) is 36.8. The highest BCUT2D eigenvalue weighted by Gasteiger charge is 2.69. The molecule has 20 saturated carbocycles. The van der Waals surface area contributed by atoms with Crippen molar-refractivity contribution in [1.29, 1.82) is 0 Å². The minimum Gasteiger partial charge on any atom is -0.462 e. The zero-order chi connectivity index (χ0) is 91.8. The van der Waals surface area contributed by atoms with Crippen LogP contribution in [-0.4, -0.2) is 137 Å². The Balaban J connectivity index is 0.000000145. The van der Waals surface area contributed by atoms with E-state index in [4.69, 9.17) is 33.2 Å². The van der Waals surface area contributed by atoms with Crippen LogP contribution in [0, 0.1) is 132 Å². The molecule has 20 unspecified atom stereocenters. The largest absolute Gasteiger partial charge is 0.462 e. The molecule has 4 N–H and O–H groups in total. The molecular weight excluding hydrogens is 1610 g/mol. The van der Waals surface area contributed by atoms with Crippen molar-refractivity contribution >= 4 is 53.4 Å². The van der Waals surface area contributed by atoms with Crippen LogP contribution in [0.2, 0.25) is 0 Å². The molecule has 20 aliphatic carbocycles. The smallest absolute Gasteiger partial charge is 0.312 e. The Labute approximate surface area is 765 Å². The van der Waals surface area contributed by atoms with Gasteiger partial charge in [0.25, 0.3) is 0 Å². The highest BCUT2D eigenvalue weighted by Crippen LogP contribution is 2.69. The average molecular weight is 1780 g/mol. The molecule has 20 heteroatoms. The number of carbonyl (C=O) groups is 9. The van der Waals surface area contributed by atoms with Crippen molar-refractivity contribution in [2.45, 2.75) is 487 Å². The van der Waals surface area contributed by atoms with E-state index in [0.29, 0.717) is 86.6 Å². The maximum absolute atomic E-state index is 13.0. The molecule has 20 atom stereocenters. The summed E-state index contributed by atoms with van der Waals surface area (Å²) in [5.74, 6) is 7.98. The first-order chi connectivity index (χ1) is 57.9. The monoisotopic (exact) mass is 1780 g/mol. The molecule has 127 heavy (non-hydrogen) atoms. The molecule has 20 nitrogen and oxygen atoms in total. The molecule has 23 fully saturated rings. The molecule has 0 amide bonds. The van der Waals surface area contributed by atoms with Gasteiger partial charge in [0.2, 0.25) is 0 Å². The van der Waals surface area contributed by atoms with Crippen LogP contribution in [-0.2, 0) is 76.3 Å². The van der Waals surface area contributed by atoms with Gasteiger partial charge in [0.05, 0.1) is 61.8 Å². The van der Waals surface area contributed by atoms with E-state index in [1.807, 2.05) is 90.0 Å². The molecule has 20 bridgehead atoms. The minimum atomic E-state index is -0.842. The number of esters is 7. The van der Waals surface area contributed by atoms with E-state index in [9.17, 15) is 63.6 Å². The lowest BCUT2D eigenvalue weighted by Gasteiger charge is -2.62. The zero-order valence-electron chi connectivity index (χ0n) is 81.5. The summed E-state index contributed by atoms with van der Waals surface area (Å²) < 4.78 is 40.3. The van der Waals surface area contributed by atoms with E-state index in [2.05, 4.69) is 62.3 Å². The highest BCUT2D eigenvalue weighted by molar-refractivity contribution is 5.90. The minimum absolute atomic E-state index is 0. The molecule has 724 valence electrons. The number of Topliss-reactive ketones (excluding diaryl/α,β-unsaturated/α-hetero) is 2.